The quantitative estimate of drug-likeness (QED) is 0.800. The maximum absolute atomic E-state index is 13.1. The predicted octanol–water partition coefficient (Wildman–Crippen LogP) is 2.19. The average Bonchev–Trinajstić information content (AvgIpc) is 3.27. The van der Waals surface area contributed by atoms with Crippen molar-refractivity contribution in [2.75, 3.05) is 54.5 Å². The van der Waals surface area contributed by atoms with Crippen LogP contribution in [0.2, 0.25) is 0 Å². The highest BCUT2D eigenvalue weighted by Gasteiger charge is 2.42. The Kier molecular flexibility index (Phi) is 4.08. The molecule has 1 saturated carbocycles. The maximum Gasteiger partial charge on any atom is 0.250 e. The lowest BCUT2D eigenvalue weighted by molar-refractivity contribution is -0.121. The van der Waals surface area contributed by atoms with Gasteiger partial charge in [0.25, 0.3) is 5.91 Å². The molecule has 0 bridgehead atoms. The van der Waals surface area contributed by atoms with Gasteiger partial charge in [-0.25, -0.2) is 4.98 Å². The van der Waals surface area contributed by atoms with E-state index in [4.69, 9.17) is 4.98 Å². The molecule has 146 valence electrons. The normalized spacial score (nSPS) is 30.7. The number of rotatable bonds is 2. The molecule has 2 unspecified atom stereocenters. The monoisotopic (exact) mass is 369 g/mol. The number of hydrogen-bond acceptors (Lipinski definition) is 5. The Morgan fingerprint density at radius 3 is 2.56 bits per heavy atom. The van der Waals surface area contributed by atoms with Crippen LogP contribution < -0.4 is 14.7 Å². The Morgan fingerprint density at radius 1 is 1.11 bits per heavy atom. The summed E-state index contributed by atoms with van der Waals surface area (Å²) in [6.07, 6.45) is 6.18. The highest BCUT2D eigenvalue weighted by molar-refractivity contribution is 6.05. The number of carbonyl (C=O) groups excluding carboxylic acids is 1. The number of carbonyl (C=O) groups is 1. The van der Waals surface area contributed by atoms with Gasteiger partial charge < -0.3 is 14.7 Å². The summed E-state index contributed by atoms with van der Waals surface area (Å²) >= 11 is 0. The molecule has 4 heterocycles. The zero-order valence-corrected chi connectivity index (χ0v) is 16.8. The first kappa shape index (κ1) is 17.3. The Bertz CT molecular complexity index is 738. The Morgan fingerprint density at radius 2 is 1.85 bits per heavy atom. The summed E-state index contributed by atoms with van der Waals surface area (Å²) in [5.74, 6) is 2.89. The number of anilines is 3. The van der Waals surface area contributed by atoms with E-state index in [1.165, 1.54) is 24.9 Å². The summed E-state index contributed by atoms with van der Waals surface area (Å²) in [6, 6.07) is 2.56. The van der Waals surface area contributed by atoms with Crippen LogP contribution in [-0.2, 0) is 4.79 Å². The number of pyridine rings is 1. The van der Waals surface area contributed by atoms with Crippen LogP contribution >= 0.6 is 0 Å². The molecule has 0 spiro atoms. The van der Waals surface area contributed by atoms with Gasteiger partial charge in [0.15, 0.2) is 5.82 Å². The zero-order chi connectivity index (χ0) is 18.7. The number of piperazine rings is 1. The van der Waals surface area contributed by atoms with Crippen molar-refractivity contribution in [3.05, 3.63) is 12.3 Å². The van der Waals surface area contributed by atoms with Gasteiger partial charge in [0.2, 0.25) is 0 Å². The van der Waals surface area contributed by atoms with E-state index in [9.17, 15) is 4.79 Å². The minimum absolute atomic E-state index is 0.108. The van der Waals surface area contributed by atoms with Gasteiger partial charge in [-0.05, 0) is 44.6 Å². The summed E-state index contributed by atoms with van der Waals surface area (Å²) < 4.78 is 0. The van der Waals surface area contributed by atoms with E-state index in [1.54, 1.807) is 0 Å². The van der Waals surface area contributed by atoms with Crippen molar-refractivity contribution in [1.29, 1.82) is 0 Å². The van der Waals surface area contributed by atoms with Crippen LogP contribution in [0.15, 0.2) is 12.3 Å². The molecule has 0 aromatic carbocycles. The van der Waals surface area contributed by atoms with Crippen LogP contribution in [0.4, 0.5) is 17.2 Å². The van der Waals surface area contributed by atoms with Gasteiger partial charge in [-0.1, -0.05) is 6.42 Å². The number of amides is 1. The average molecular weight is 370 g/mol. The van der Waals surface area contributed by atoms with E-state index in [0.29, 0.717) is 6.04 Å². The molecule has 4 aliphatic rings. The molecule has 2 saturated heterocycles. The Balaban J connectivity index is 1.43. The van der Waals surface area contributed by atoms with Gasteiger partial charge in [-0.3, -0.25) is 9.69 Å². The molecule has 3 aliphatic heterocycles. The minimum Gasteiger partial charge on any atom is -0.370 e. The van der Waals surface area contributed by atoms with Crippen LogP contribution in [0.3, 0.4) is 0 Å². The number of nitrogens with zero attached hydrogens (tertiary/aromatic N) is 5. The molecule has 6 nitrogen and oxygen atoms in total. The van der Waals surface area contributed by atoms with Crippen molar-refractivity contribution in [2.24, 2.45) is 11.8 Å². The van der Waals surface area contributed by atoms with Gasteiger partial charge in [0.1, 0.15) is 6.04 Å². The van der Waals surface area contributed by atoms with Crippen LogP contribution in [0.25, 0.3) is 0 Å². The van der Waals surface area contributed by atoms with Gasteiger partial charge >= 0.3 is 0 Å². The van der Waals surface area contributed by atoms with Crippen molar-refractivity contribution < 1.29 is 4.79 Å². The third-order valence-electron chi connectivity index (χ3n) is 7.32. The van der Waals surface area contributed by atoms with Crippen molar-refractivity contribution in [3.8, 4) is 0 Å². The SMILES string of the molecule is CC(C)N1CCN2c3ncc(N4CC5CCCC5C4)cc3N(C)C(=O)[C@@H]2C1. The molecule has 5 rings (SSSR count). The molecule has 3 fully saturated rings. The summed E-state index contributed by atoms with van der Waals surface area (Å²) in [6.45, 7) is 9.36. The molecule has 1 aromatic heterocycles. The smallest absolute Gasteiger partial charge is 0.250 e. The summed E-state index contributed by atoms with van der Waals surface area (Å²) in [5.41, 5.74) is 2.16. The fourth-order valence-corrected chi connectivity index (χ4v) is 5.60. The molecule has 0 radical (unpaired) electrons. The lowest BCUT2D eigenvalue weighted by Gasteiger charge is -2.47. The second-order valence-corrected chi connectivity index (χ2v) is 9.09. The molecular formula is C21H31N5O. The molecule has 6 heteroatoms. The Labute approximate surface area is 162 Å². The number of likely N-dealkylation sites (N-methyl/N-ethyl adjacent to an activating group) is 1. The van der Waals surface area contributed by atoms with E-state index in [1.807, 2.05) is 18.1 Å². The fraction of sp³-hybridized carbons (Fsp3) is 0.714. The number of aromatic nitrogens is 1. The number of hydrogen-bond donors (Lipinski definition) is 0. The first-order valence-corrected chi connectivity index (χ1v) is 10.6. The second-order valence-electron chi connectivity index (χ2n) is 9.09. The van der Waals surface area contributed by atoms with Crippen molar-refractivity contribution in [2.45, 2.75) is 45.2 Å². The van der Waals surface area contributed by atoms with E-state index < -0.39 is 0 Å². The molecule has 1 aliphatic carbocycles. The van der Waals surface area contributed by atoms with Crippen molar-refractivity contribution in [3.63, 3.8) is 0 Å². The molecule has 3 atom stereocenters. The van der Waals surface area contributed by atoms with Gasteiger partial charge in [0, 0.05) is 45.8 Å². The highest BCUT2D eigenvalue weighted by atomic mass is 16.2. The minimum atomic E-state index is -0.108. The zero-order valence-electron chi connectivity index (χ0n) is 16.8. The first-order chi connectivity index (χ1) is 13.0. The van der Waals surface area contributed by atoms with Crippen LogP contribution in [0, 0.1) is 11.8 Å². The van der Waals surface area contributed by atoms with Gasteiger partial charge in [-0.15, -0.1) is 0 Å². The van der Waals surface area contributed by atoms with Crippen LogP contribution in [-0.4, -0.2) is 67.6 Å². The molecule has 1 amide bonds. The fourth-order valence-electron chi connectivity index (χ4n) is 5.60. The Hall–Kier alpha value is -1.82. The summed E-state index contributed by atoms with van der Waals surface area (Å²) in [4.78, 5) is 26.9. The summed E-state index contributed by atoms with van der Waals surface area (Å²) in [5, 5.41) is 0. The topological polar surface area (TPSA) is 42.9 Å². The predicted molar refractivity (Wildman–Crippen MR) is 109 cm³/mol. The number of fused-ring (bicyclic) bond motifs is 4. The van der Waals surface area contributed by atoms with Crippen LogP contribution in [0.5, 0.6) is 0 Å². The van der Waals surface area contributed by atoms with E-state index in [2.05, 4.69) is 34.6 Å². The van der Waals surface area contributed by atoms with E-state index in [0.717, 1.165) is 56.1 Å². The first-order valence-electron chi connectivity index (χ1n) is 10.6. The van der Waals surface area contributed by atoms with Crippen LogP contribution in [0.1, 0.15) is 33.1 Å². The molecule has 1 aromatic rings. The largest absolute Gasteiger partial charge is 0.370 e. The third-order valence-corrected chi connectivity index (χ3v) is 7.32. The maximum atomic E-state index is 13.1. The van der Waals surface area contributed by atoms with Gasteiger partial charge in [-0.2, -0.15) is 0 Å². The lowest BCUT2D eigenvalue weighted by Crippen LogP contribution is -2.63. The molecule has 27 heavy (non-hydrogen) atoms. The molecule has 0 N–H and O–H groups in total. The molecular weight excluding hydrogens is 338 g/mol. The summed E-state index contributed by atoms with van der Waals surface area (Å²) in [7, 11) is 1.91. The van der Waals surface area contributed by atoms with Gasteiger partial charge in [0.05, 0.1) is 17.6 Å². The van der Waals surface area contributed by atoms with E-state index in [-0.39, 0.29) is 11.9 Å². The van der Waals surface area contributed by atoms with Crippen molar-refractivity contribution >= 4 is 23.1 Å². The van der Waals surface area contributed by atoms with Crippen molar-refractivity contribution in [1.82, 2.24) is 9.88 Å². The third kappa shape index (κ3) is 2.72. The van der Waals surface area contributed by atoms with E-state index >= 15 is 0 Å². The lowest BCUT2D eigenvalue weighted by atomic mass is 10.0. The highest BCUT2D eigenvalue weighted by Crippen LogP contribution is 2.42. The standard InChI is InChI=1S/C21H31N5O/c1-14(2)24-7-8-26-19(13-24)21(27)23(3)18-9-17(10-22-20(18)26)25-11-15-5-4-6-16(15)12-25/h9-10,14-16,19H,4-8,11-13H2,1-3H3/t15?,16?,19-/m0/s1. The second kappa shape index (κ2) is 6.36.